The molecule has 2 aliphatic rings. The average Bonchev–Trinajstić information content (AvgIpc) is 2.76. The highest BCUT2D eigenvalue weighted by atomic mass is 16.5. The molecule has 2 aliphatic heterocycles. The third-order valence-electron chi connectivity index (χ3n) is 6.27. The molecule has 0 atom stereocenters. The van der Waals surface area contributed by atoms with Gasteiger partial charge >= 0.3 is 0 Å². The fraction of sp³-hybridized carbons (Fsp3) is 0.458. The Balaban J connectivity index is 1.50. The highest BCUT2D eigenvalue weighted by molar-refractivity contribution is 5.97. The van der Waals surface area contributed by atoms with Crippen LogP contribution in [0.5, 0.6) is 0 Å². The number of hydrogen-bond donors (Lipinski definition) is 1. The van der Waals surface area contributed by atoms with E-state index in [1.54, 1.807) is 11.0 Å². The number of ether oxygens (including phenoxy) is 1. The van der Waals surface area contributed by atoms with Gasteiger partial charge in [0.05, 0.1) is 11.5 Å². The van der Waals surface area contributed by atoms with Gasteiger partial charge in [-0.2, -0.15) is 0 Å². The summed E-state index contributed by atoms with van der Waals surface area (Å²) in [6, 6.07) is 12.9. The number of likely N-dealkylation sites (tertiary alicyclic amines) is 2. The highest BCUT2D eigenvalue weighted by Gasteiger charge is 2.52. The Morgan fingerprint density at radius 2 is 1.81 bits per heavy atom. The fourth-order valence-electron chi connectivity index (χ4n) is 4.69. The van der Waals surface area contributed by atoms with Crippen LogP contribution >= 0.6 is 0 Å². The van der Waals surface area contributed by atoms with Gasteiger partial charge in [-0.1, -0.05) is 30.3 Å². The lowest BCUT2D eigenvalue weighted by atomic mass is 9.73. The number of nitrogens with zero attached hydrogens (tertiary/aromatic N) is 2. The van der Waals surface area contributed by atoms with E-state index < -0.39 is 5.41 Å². The maximum absolute atomic E-state index is 13.6. The van der Waals surface area contributed by atoms with Crippen molar-refractivity contribution in [3.63, 3.8) is 0 Å². The summed E-state index contributed by atoms with van der Waals surface area (Å²) in [5, 5.41) is 0. The van der Waals surface area contributed by atoms with Gasteiger partial charge in [-0.05, 0) is 37.8 Å². The summed E-state index contributed by atoms with van der Waals surface area (Å²) in [7, 11) is 0. The third kappa shape index (κ3) is 4.56. The number of carbonyl (C=O) groups is 2. The zero-order chi connectivity index (χ0) is 21.8. The van der Waals surface area contributed by atoms with Crippen molar-refractivity contribution in [1.82, 2.24) is 14.8 Å². The topological polar surface area (TPSA) is 82.7 Å². The lowest BCUT2D eigenvalue weighted by Crippen LogP contribution is -2.66. The third-order valence-corrected chi connectivity index (χ3v) is 6.27. The molecule has 7 nitrogen and oxygen atoms in total. The Morgan fingerprint density at radius 3 is 2.45 bits per heavy atom. The highest BCUT2D eigenvalue weighted by Crippen LogP contribution is 2.38. The molecule has 0 unspecified atom stereocenters. The van der Waals surface area contributed by atoms with Crippen molar-refractivity contribution >= 4 is 11.8 Å². The molecule has 7 heteroatoms. The summed E-state index contributed by atoms with van der Waals surface area (Å²) in [4.78, 5) is 44.2. The van der Waals surface area contributed by atoms with Crippen LogP contribution < -0.4 is 5.56 Å². The van der Waals surface area contributed by atoms with Gasteiger partial charge in [-0.25, -0.2) is 0 Å². The van der Waals surface area contributed by atoms with E-state index in [-0.39, 0.29) is 23.5 Å². The van der Waals surface area contributed by atoms with Crippen molar-refractivity contribution in [2.45, 2.75) is 32.3 Å². The second kappa shape index (κ2) is 9.06. The summed E-state index contributed by atoms with van der Waals surface area (Å²) >= 11 is 0. The first kappa shape index (κ1) is 21.3. The van der Waals surface area contributed by atoms with Crippen LogP contribution in [0.25, 0.3) is 0 Å². The van der Waals surface area contributed by atoms with Gasteiger partial charge in [-0.3, -0.25) is 14.4 Å². The maximum Gasteiger partial charge on any atom is 0.254 e. The van der Waals surface area contributed by atoms with Crippen LogP contribution in [0.2, 0.25) is 0 Å². The van der Waals surface area contributed by atoms with Crippen LogP contribution in [-0.4, -0.2) is 65.5 Å². The van der Waals surface area contributed by atoms with E-state index in [9.17, 15) is 14.4 Å². The fourth-order valence-corrected chi connectivity index (χ4v) is 4.69. The van der Waals surface area contributed by atoms with Crippen LogP contribution in [0, 0.1) is 5.41 Å². The number of aromatic nitrogens is 1. The zero-order valence-corrected chi connectivity index (χ0v) is 17.9. The van der Waals surface area contributed by atoms with Crippen molar-refractivity contribution in [3.8, 4) is 0 Å². The van der Waals surface area contributed by atoms with E-state index >= 15 is 0 Å². The molecule has 1 N–H and O–H groups in total. The maximum atomic E-state index is 13.6. The quantitative estimate of drug-likeness (QED) is 0.771. The van der Waals surface area contributed by atoms with E-state index in [1.807, 2.05) is 42.2 Å². The Bertz CT molecular complexity index is 974. The minimum Gasteiger partial charge on any atom is -0.378 e. The molecule has 0 aliphatic carbocycles. The Morgan fingerprint density at radius 1 is 1.10 bits per heavy atom. The van der Waals surface area contributed by atoms with Gasteiger partial charge in [0.1, 0.15) is 0 Å². The SMILES string of the molecule is CCOC1CCN(C(=O)C2(Cc3ccccc3)CN(C(=O)c3cc[nH]c(=O)c3)C2)CC1. The average molecular weight is 424 g/mol. The minimum absolute atomic E-state index is 0.112. The van der Waals surface area contributed by atoms with E-state index in [4.69, 9.17) is 4.74 Å². The number of benzene rings is 1. The number of piperidine rings is 1. The Labute approximate surface area is 182 Å². The summed E-state index contributed by atoms with van der Waals surface area (Å²) in [5.74, 6) is -0.0982. The summed E-state index contributed by atoms with van der Waals surface area (Å²) < 4.78 is 5.72. The first-order valence-corrected chi connectivity index (χ1v) is 10.9. The molecule has 2 amide bonds. The van der Waals surface area contributed by atoms with Gasteiger partial charge in [-0.15, -0.1) is 0 Å². The first-order valence-electron chi connectivity index (χ1n) is 10.9. The Hall–Kier alpha value is -2.93. The van der Waals surface area contributed by atoms with E-state index in [0.29, 0.717) is 44.8 Å². The van der Waals surface area contributed by atoms with Gasteiger partial charge in [0.2, 0.25) is 11.5 Å². The number of nitrogens with one attached hydrogen (secondary N) is 1. The summed E-state index contributed by atoms with van der Waals surface area (Å²) in [6.07, 6.45) is 3.97. The molecule has 3 heterocycles. The molecule has 0 saturated carbocycles. The lowest BCUT2D eigenvalue weighted by molar-refractivity contribution is -0.153. The second-order valence-corrected chi connectivity index (χ2v) is 8.49. The molecule has 164 valence electrons. The van der Waals surface area contributed by atoms with Crippen LogP contribution in [0.15, 0.2) is 53.5 Å². The molecule has 0 radical (unpaired) electrons. The lowest BCUT2D eigenvalue weighted by Gasteiger charge is -2.51. The number of hydrogen-bond acceptors (Lipinski definition) is 4. The molecule has 2 saturated heterocycles. The van der Waals surface area contributed by atoms with E-state index in [1.165, 1.54) is 12.3 Å². The molecular weight excluding hydrogens is 394 g/mol. The number of H-pyrrole nitrogens is 1. The van der Waals surface area contributed by atoms with Gasteiger partial charge in [0.25, 0.3) is 5.91 Å². The molecule has 2 fully saturated rings. The van der Waals surface area contributed by atoms with Crippen molar-refractivity contribution in [2.24, 2.45) is 5.41 Å². The molecule has 4 rings (SSSR count). The summed E-state index contributed by atoms with van der Waals surface area (Å²) in [6.45, 7) is 4.77. The molecule has 0 bridgehead atoms. The molecule has 1 aromatic heterocycles. The number of aromatic amines is 1. The van der Waals surface area contributed by atoms with E-state index in [2.05, 4.69) is 4.98 Å². The van der Waals surface area contributed by atoms with Gasteiger partial charge < -0.3 is 19.5 Å². The van der Waals surface area contributed by atoms with Gasteiger partial charge in [0, 0.05) is 50.6 Å². The zero-order valence-electron chi connectivity index (χ0n) is 17.9. The van der Waals surface area contributed by atoms with E-state index in [0.717, 1.165) is 18.4 Å². The van der Waals surface area contributed by atoms with Gasteiger partial charge in [0.15, 0.2) is 0 Å². The number of amides is 2. The van der Waals surface area contributed by atoms with Crippen molar-refractivity contribution < 1.29 is 14.3 Å². The van der Waals surface area contributed by atoms with Crippen molar-refractivity contribution in [3.05, 3.63) is 70.1 Å². The molecule has 1 aromatic carbocycles. The van der Waals surface area contributed by atoms with Crippen LogP contribution in [-0.2, 0) is 16.0 Å². The first-order chi connectivity index (χ1) is 15.0. The second-order valence-electron chi connectivity index (χ2n) is 8.49. The Kier molecular flexibility index (Phi) is 6.23. The largest absolute Gasteiger partial charge is 0.378 e. The monoisotopic (exact) mass is 423 g/mol. The molecular formula is C24H29N3O4. The molecule has 31 heavy (non-hydrogen) atoms. The number of carbonyl (C=O) groups excluding carboxylic acids is 2. The minimum atomic E-state index is -0.628. The number of rotatable bonds is 6. The smallest absolute Gasteiger partial charge is 0.254 e. The van der Waals surface area contributed by atoms with Crippen LogP contribution in [0.1, 0.15) is 35.7 Å². The molecule has 0 spiro atoms. The number of pyridine rings is 1. The predicted molar refractivity (Wildman–Crippen MR) is 117 cm³/mol. The standard InChI is InChI=1S/C24H29N3O4/c1-2-31-20-9-12-26(13-10-20)23(30)24(15-18-6-4-3-5-7-18)16-27(17-24)22(29)19-8-11-25-21(28)14-19/h3-8,11,14,20H,2,9-10,12-13,15-17H2,1H3,(H,25,28). The van der Waals surface area contributed by atoms with Crippen molar-refractivity contribution in [2.75, 3.05) is 32.8 Å². The normalized spacial score (nSPS) is 18.5. The van der Waals surface area contributed by atoms with Crippen molar-refractivity contribution in [1.29, 1.82) is 0 Å². The van der Waals surface area contributed by atoms with Crippen LogP contribution in [0.3, 0.4) is 0 Å². The summed E-state index contributed by atoms with van der Waals surface area (Å²) in [5.41, 5.74) is 0.497. The predicted octanol–water partition coefficient (Wildman–Crippen LogP) is 2.09. The molecule has 2 aromatic rings. The van der Waals surface area contributed by atoms with Crippen LogP contribution in [0.4, 0.5) is 0 Å².